The van der Waals surface area contributed by atoms with Gasteiger partial charge in [-0.05, 0) is 27.7 Å². The molecule has 2 heterocycles. The molecule has 0 radical (unpaired) electrons. The Morgan fingerprint density at radius 2 is 2.05 bits per heavy atom. The molecule has 5 nitrogen and oxygen atoms in total. The van der Waals surface area contributed by atoms with Crippen LogP contribution in [0.25, 0.3) is 0 Å². The van der Waals surface area contributed by atoms with E-state index in [4.69, 9.17) is 4.74 Å². The Balaban J connectivity index is 1.94. The fraction of sp³-hybridized carbons (Fsp3) is 0.714. The molecule has 1 aliphatic heterocycles. The quantitative estimate of drug-likeness (QED) is 0.898. The molecule has 1 saturated heterocycles. The smallest absolute Gasteiger partial charge is 0.225 e. The normalized spacial score (nSPS) is 20.6. The molecule has 1 aromatic rings. The van der Waals surface area contributed by atoms with Crippen molar-refractivity contribution in [3.8, 4) is 0 Å². The number of hydrogen-bond donors (Lipinski definition) is 1. The minimum absolute atomic E-state index is 0.109. The van der Waals surface area contributed by atoms with Crippen LogP contribution in [0.5, 0.6) is 0 Å². The maximum atomic E-state index is 5.52. The summed E-state index contributed by atoms with van der Waals surface area (Å²) in [5.74, 6) is 0.801. The van der Waals surface area contributed by atoms with E-state index >= 15 is 0 Å². The number of morpholine rings is 1. The molecule has 1 aliphatic rings. The average Bonchev–Trinajstić information content (AvgIpc) is 2.36. The summed E-state index contributed by atoms with van der Waals surface area (Å²) >= 11 is 0. The highest BCUT2D eigenvalue weighted by atomic mass is 16.5. The molecule has 19 heavy (non-hydrogen) atoms. The third-order valence-electron chi connectivity index (χ3n) is 3.04. The second-order valence-electron chi connectivity index (χ2n) is 6.12. The zero-order chi connectivity index (χ0) is 13.9. The van der Waals surface area contributed by atoms with Crippen molar-refractivity contribution in [3.63, 3.8) is 0 Å². The Morgan fingerprint density at radius 3 is 2.63 bits per heavy atom. The molecule has 0 saturated carbocycles. The summed E-state index contributed by atoms with van der Waals surface area (Å²) in [5, 5.41) is 3.43. The number of nitrogens with zero attached hydrogens (tertiary/aromatic N) is 3. The monoisotopic (exact) mass is 264 g/mol. The lowest BCUT2D eigenvalue weighted by atomic mass is 10.1. The number of rotatable bonds is 3. The second-order valence-corrected chi connectivity index (χ2v) is 6.12. The predicted octanol–water partition coefficient (Wildman–Crippen LogP) is 1.59. The van der Waals surface area contributed by atoms with Crippen LogP contribution in [0.2, 0.25) is 0 Å². The van der Waals surface area contributed by atoms with Gasteiger partial charge in [-0.1, -0.05) is 0 Å². The van der Waals surface area contributed by atoms with E-state index in [1.54, 1.807) is 0 Å². The predicted molar refractivity (Wildman–Crippen MR) is 76.3 cm³/mol. The van der Waals surface area contributed by atoms with E-state index < -0.39 is 0 Å². The van der Waals surface area contributed by atoms with Crippen LogP contribution >= 0.6 is 0 Å². The number of hydrogen-bond acceptors (Lipinski definition) is 5. The van der Waals surface area contributed by atoms with Gasteiger partial charge >= 0.3 is 0 Å². The molecule has 0 amide bonds. The third kappa shape index (κ3) is 4.44. The van der Waals surface area contributed by atoms with Crippen LogP contribution < -0.4 is 10.2 Å². The lowest BCUT2D eigenvalue weighted by Crippen LogP contribution is -2.42. The second kappa shape index (κ2) is 5.84. The van der Waals surface area contributed by atoms with Crippen LogP contribution in [0.3, 0.4) is 0 Å². The molecule has 2 rings (SSSR count). The van der Waals surface area contributed by atoms with E-state index in [-0.39, 0.29) is 11.6 Å². The number of anilines is 1. The summed E-state index contributed by atoms with van der Waals surface area (Å²) in [5.41, 5.74) is 1.22. The molecule has 0 aliphatic carbocycles. The van der Waals surface area contributed by atoms with Gasteiger partial charge in [0.15, 0.2) is 0 Å². The molecule has 1 unspecified atom stereocenters. The van der Waals surface area contributed by atoms with Gasteiger partial charge in [-0.2, -0.15) is 0 Å². The van der Waals surface area contributed by atoms with Gasteiger partial charge in [0.25, 0.3) is 0 Å². The Kier molecular flexibility index (Phi) is 4.37. The number of ether oxygens (including phenoxy) is 1. The van der Waals surface area contributed by atoms with E-state index in [9.17, 15) is 0 Å². The fourth-order valence-corrected chi connectivity index (χ4v) is 1.97. The first-order chi connectivity index (χ1) is 8.94. The van der Waals surface area contributed by atoms with Crippen molar-refractivity contribution < 1.29 is 4.74 Å². The summed E-state index contributed by atoms with van der Waals surface area (Å²) in [7, 11) is 0. The third-order valence-corrected chi connectivity index (χ3v) is 3.04. The van der Waals surface area contributed by atoms with E-state index in [0.29, 0.717) is 0 Å². The van der Waals surface area contributed by atoms with Crippen molar-refractivity contribution in [1.82, 2.24) is 15.3 Å². The fourth-order valence-electron chi connectivity index (χ4n) is 1.97. The molecule has 5 heteroatoms. The van der Waals surface area contributed by atoms with Gasteiger partial charge in [-0.25, -0.2) is 9.97 Å². The molecule has 1 N–H and O–H groups in total. The van der Waals surface area contributed by atoms with Crippen LogP contribution in [-0.2, 0) is 11.3 Å². The number of nitrogens with one attached hydrogen (secondary N) is 1. The highest BCUT2D eigenvalue weighted by Crippen LogP contribution is 2.12. The van der Waals surface area contributed by atoms with Crippen molar-refractivity contribution in [2.24, 2.45) is 0 Å². The van der Waals surface area contributed by atoms with Gasteiger partial charge in [-0.15, -0.1) is 0 Å². The van der Waals surface area contributed by atoms with Crippen LogP contribution in [-0.4, -0.2) is 41.3 Å². The van der Waals surface area contributed by atoms with Crippen molar-refractivity contribution in [2.45, 2.75) is 45.9 Å². The van der Waals surface area contributed by atoms with Crippen molar-refractivity contribution >= 4 is 5.95 Å². The largest absolute Gasteiger partial charge is 0.375 e. The van der Waals surface area contributed by atoms with Gasteiger partial charge < -0.3 is 15.0 Å². The first-order valence-electron chi connectivity index (χ1n) is 6.86. The van der Waals surface area contributed by atoms with E-state index in [0.717, 1.165) is 37.8 Å². The molecule has 0 bridgehead atoms. The van der Waals surface area contributed by atoms with Gasteiger partial charge in [0, 0.05) is 43.1 Å². The molecule has 1 aromatic heterocycles. The van der Waals surface area contributed by atoms with Crippen molar-refractivity contribution in [2.75, 3.05) is 24.6 Å². The summed E-state index contributed by atoms with van der Waals surface area (Å²) in [4.78, 5) is 11.1. The molecular formula is C14H24N4O. The topological polar surface area (TPSA) is 50.3 Å². The first kappa shape index (κ1) is 14.2. The van der Waals surface area contributed by atoms with E-state index in [1.807, 2.05) is 12.4 Å². The molecule has 0 spiro atoms. The Bertz CT molecular complexity index is 399. The zero-order valence-corrected chi connectivity index (χ0v) is 12.3. The summed E-state index contributed by atoms with van der Waals surface area (Å²) in [6.07, 6.45) is 4.06. The van der Waals surface area contributed by atoms with Gasteiger partial charge in [-0.3, -0.25) is 0 Å². The van der Waals surface area contributed by atoms with Crippen molar-refractivity contribution in [3.05, 3.63) is 18.0 Å². The Labute approximate surface area is 115 Å². The zero-order valence-electron chi connectivity index (χ0n) is 12.3. The van der Waals surface area contributed by atoms with E-state index in [2.05, 4.69) is 47.9 Å². The Morgan fingerprint density at radius 1 is 1.37 bits per heavy atom. The molecule has 1 fully saturated rings. The lowest BCUT2D eigenvalue weighted by molar-refractivity contribution is 0.0526. The van der Waals surface area contributed by atoms with Gasteiger partial charge in [0.2, 0.25) is 5.95 Å². The lowest BCUT2D eigenvalue weighted by Gasteiger charge is -2.31. The maximum absolute atomic E-state index is 5.52. The first-order valence-corrected chi connectivity index (χ1v) is 6.86. The highest BCUT2D eigenvalue weighted by molar-refractivity contribution is 5.30. The minimum Gasteiger partial charge on any atom is -0.375 e. The molecule has 0 aromatic carbocycles. The van der Waals surface area contributed by atoms with Gasteiger partial charge in [0.1, 0.15) is 0 Å². The van der Waals surface area contributed by atoms with Crippen molar-refractivity contribution in [1.29, 1.82) is 0 Å². The van der Waals surface area contributed by atoms with Gasteiger partial charge in [0.05, 0.1) is 12.7 Å². The highest BCUT2D eigenvalue weighted by Gasteiger charge is 2.18. The number of aromatic nitrogens is 2. The molecular weight excluding hydrogens is 240 g/mol. The Hall–Kier alpha value is -1.20. The van der Waals surface area contributed by atoms with Crippen LogP contribution in [0.4, 0.5) is 5.95 Å². The maximum Gasteiger partial charge on any atom is 0.225 e. The molecule has 1 atom stereocenters. The SMILES string of the molecule is CC1CN(c2ncc(CNC(C)(C)C)cn2)CCO1. The van der Waals surface area contributed by atoms with Crippen LogP contribution in [0.1, 0.15) is 33.3 Å². The van der Waals surface area contributed by atoms with Crippen LogP contribution in [0, 0.1) is 0 Å². The summed E-state index contributed by atoms with van der Waals surface area (Å²) < 4.78 is 5.52. The average molecular weight is 264 g/mol. The van der Waals surface area contributed by atoms with E-state index in [1.165, 1.54) is 0 Å². The summed E-state index contributed by atoms with van der Waals surface area (Å²) in [6, 6.07) is 0. The molecule has 106 valence electrons. The minimum atomic E-state index is 0.109. The van der Waals surface area contributed by atoms with Crippen LogP contribution in [0.15, 0.2) is 12.4 Å². The standard InChI is InChI=1S/C14H24N4O/c1-11-10-18(5-6-19-11)13-15-7-12(8-16-13)9-17-14(2,3)4/h7-8,11,17H,5-6,9-10H2,1-4H3. The summed E-state index contributed by atoms with van der Waals surface area (Å²) in [6.45, 7) is 11.8.